The number of amides is 1. The number of carbonyl (C=O) groups is 1. The normalized spacial score (nSPS) is 14.8. The lowest BCUT2D eigenvalue weighted by Crippen LogP contribution is -2.47. The van der Waals surface area contributed by atoms with Crippen molar-refractivity contribution in [3.63, 3.8) is 0 Å². The molecule has 1 amide bonds. The zero-order chi connectivity index (χ0) is 21.6. The Balaban J connectivity index is 1.27. The molecule has 0 unspecified atom stereocenters. The molecule has 0 radical (unpaired) electrons. The molecule has 1 saturated heterocycles. The van der Waals surface area contributed by atoms with Crippen molar-refractivity contribution in [1.29, 1.82) is 0 Å². The summed E-state index contributed by atoms with van der Waals surface area (Å²) in [6.45, 7) is 3.48. The summed E-state index contributed by atoms with van der Waals surface area (Å²) < 4.78 is 20.8. The van der Waals surface area contributed by atoms with Crippen molar-refractivity contribution in [1.82, 2.24) is 19.4 Å². The van der Waals surface area contributed by atoms with E-state index in [2.05, 4.69) is 9.88 Å². The highest BCUT2D eigenvalue weighted by Crippen LogP contribution is 2.19. The van der Waals surface area contributed by atoms with Crippen LogP contribution in [0.15, 0.2) is 67.3 Å². The number of aromatic nitrogens is 2. The molecule has 1 aromatic heterocycles. The molecular formula is C24H25FN4O2. The van der Waals surface area contributed by atoms with Crippen LogP contribution < -0.4 is 4.74 Å². The zero-order valence-electron chi connectivity index (χ0n) is 17.4. The van der Waals surface area contributed by atoms with Gasteiger partial charge in [0.25, 0.3) is 0 Å². The fourth-order valence-electron chi connectivity index (χ4n) is 3.64. The SMILES string of the molecule is COc1ccc(CN2CCN(C(=O)/C=C/c3ccc(-n4ccnc4)cc3)CC2)cc1F. The fraction of sp³-hybridized carbons (Fsp3) is 0.250. The lowest BCUT2D eigenvalue weighted by molar-refractivity contribution is -0.127. The average Bonchev–Trinajstić information content (AvgIpc) is 3.33. The highest BCUT2D eigenvalue weighted by Gasteiger charge is 2.20. The quantitative estimate of drug-likeness (QED) is 0.574. The average molecular weight is 420 g/mol. The molecule has 3 aromatic rings. The summed E-state index contributed by atoms with van der Waals surface area (Å²) in [4.78, 5) is 20.7. The van der Waals surface area contributed by atoms with Crippen molar-refractivity contribution in [3.05, 3.63) is 84.2 Å². The molecule has 0 spiro atoms. The number of piperazine rings is 1. The predicted molar refractivity (Wildman–Crippen MR) is 117 cm³/mol. The summed E-state index contributed by atoms with van der Waals surface area (Å²) in [5.74, 6) is -0.0897. The first-order valence-corrected chi connectivity index (χ1v) is 10.2. The molecule has 4 rings (SSSR count). The largest absolute Gasteiger partial charge is 0.494 e. The summed E-state index contributed by atoms with van der Waals surface area (Å²) >= 11 is 0. The van der Waals surface area contributed by atoms with E-state index in [9.17, 15) is 9.18 Å². The molecule has 2 heterocycles. The maximum absolute atomic E-state index is 13.9. The number of imidazole rings is 1. The van der Waals surface area contributed by atoms with E-state index in [1.54, 1.807) is 24.7 Å². The maximum Gasteiger partial charge on any atom is 0.246 e. The zero-order valence-corrected chi connectivity index (χ0v) is 17.4. The predicted octanol–water partition coefficient (Wildman–Crippen LogP) is 3.38. The van der Waals surface area contributed by atoms with E-state index < -0.39 is 0 Å². The van der Waals surface area contributed by atoms with Gasteiger partial charge >= 0.3 is 0 Å². The molecule has 7 heteroatoms. The first kappa shape index (κ1) is 20.8. The number of hydrogen-bond acceptors (Lipinski definition) is 4. The minimum Gasteiger partial charge on any atom is -0.494 e. The summed E-state index contributed by atoms with van der Waals surface area (Å²) in [5.41, 5.74) is 2.89. The molecule has 1 aliphatic heterocycles. The van der Waals surface area contributed by atoms with Crippen LogP contribution in [0.25, 0.3) is 11.8 Å². The summed E-state index contributed by atoms with van der Waals surface area (Å²) in [7, 11) is 1.46. The van der Waals surface area contributed by atoms with Gasteiger partial charge in [-0.1, -0.05) is 18.2 Å². The third-order valence-corrected chi connectivity index (χ3v) is 5.42. The Kier molecular flexibility index (Phi) is 6.43. The second-order valence-corrected chi connectivity index (χ2v) is 7.47. The van der Waals surface area contributed by atoms with Crippen molar-refractivity contribution in [2.45, 2.75) is 6.54 Å². The second-order valence-electron chi connectivity index (χ2n) is 7.47. The van der Waals surface area contributed by atoms with Crippen LogP contribution in [0.2, 0.25) is 0 Å². The first-order chi connectivity index (χ1) is 15.1. The monoisotopic (exact) mass is 420 g/mol. The molecule has 0 atom stereocenters. The highest BCUT2D eigenvalue weighted by molar-refractivity contribution is 5.91. The van der Waals surface area contributed by atoms with Gasteiger partial charge in [0, 0.05) is 56.9 Å². The van der Waals surface area contributed by atoms with Crippen LogP contribution in [0, 0.1) is 5.82 Å². The molecule has 0 saturated carbocycles. The number of nitrogens with zero attached hydrogens (tertiary/aromatic N) is 4. The van der Waals surface area contributed by atoms with Crippen molar-refractivity contribution in [3.8, 4) is 11.4 Å². The van der Waals surface area contributed by atoms with E-state index in [-0.39, 0.29) is 17.5 Å². The maximum atomic E-state index is 13.9. The van der Waals surface area contributed by atoms with E-state index in [0.717, 1.165) is 29.9 Å². The van der Waals surface area contributed by atoms with E-state index in [1.807, 2.05) is 52.1 Å². The van der Waals surface area contributed by atoms with Crippen LogP contribution in [0.1, 0.15) is 11.1 Å². The molecule has 2 aromatic carbocycles. The molecule has 1 aliphatic rings. The lowest BCUT2D eigenvalue weighted by Gasteiger charge is -2.34. The van der Waals surface area contributed by atoms with Crippen molar-refractivity contribution in [2.24, 2.45) is 0 Å². The van der Waals surface area contributed by atoms with Gasteiger partial charge in [0.05, 0.1) is 13.4 Å². The second kappa shape index (κ2) is 9.57. The van der Waals surface area contributed by atoms with Gasteiger partial charge in [-0.05, 0) is 41.5 Å². The number of benzene rings is 2. The molecule has 0 bridgehead atoms. The lowest BCUT2D eigenvalue weighted by atomic mass is 10.1. The number of carbonyl (C=O) groups excluding carboxylic acids is 1. The Hall–Kier alpha value is -3.45. The minimum absolute atomic E-state index is 0.00817. The van der Waals surface area contributed by atoms with Crippen LogP contribution in [0.5, 0.6) is 5.75 Å². The van der Waals surface area contributed by atoms with Gasteiger partial charge in [-0.3, -0.25) is 9.69 Å². The Morgan fingerprint density at radius 1 is 1.13 bits per heavy atom. The van der Waals surface area contributed by atoms with Gasteiger partial charge in [-0.2, -0.15) is 0 Å². The Morgan fingerprint density at radius 3 is 2.55 bits per heavy atom. The molecule has 31 heavy (non-hydrogen) atoms. The molecule has 6 nitrogen and oxygen atoms in total. The van der Waals surface area contributed by atoms with E-state index in [4.69, 9.17) is 4.74 Å². The van der Waals surface area contributed by atoms with Crippen molar-refractivity contribution < 1.29 is 13.9 Å². The van der Waals surface area contributed by atoms with Crippen LogP contribution in [0.3, 0.4) is 0 Å². The van der Waals surface area contributed by atoms with Crippen LogP contribution >= 0.6 is 0 Å². The van der Waals surface area contributed by atoms with Gasteiger partial charge in [0.2, 0.25) is 5.91 Å². The standard InChI is InChI=1S/C24H25FN4O2/c1-31-23-8-4-20(16-22(23)25)17-27-12-14-28(15-13-27)24(30)9-5-19-2-6-21(7-3-19)29-11-10-26-18-29/h2-11,16,18H,12-15,17H2,1H3/b9-5+. The van der Waals surface area contributed by atoms with Gasteiger partial charge in [0.1, 0.15) is 0 Å². The number of hydrogen-bond donors (Lipinski definition) is 0. The number of rotatable bonds is 6. The van der Waals surface area contributed by atoms with Crippen molar-refractivity contribution >= 4 is 12.0 Å². The van der Waals surface area contributed by atoms with Crippen LogP contribution in [-0.2, 0) is 11.3 Å². The summed E-state index contributed by atoms with van der Waals surface area (Å²) in [6, 6.07) is 13.0. The summed E-state index contributed by atoms with van der Waals surface area (Å²) in [6.07, 6.45) is 8.84. The van der Waals surface area contributed by atoms with Crippen LogP contribution in [-0.4, -0.2) is 58.5 Å². The van der Waals surface area contributed by atoms with Gasteiger partial charge in [-0.15, -0.1) is 0 Å². The summed E-state index contributed by atoms with van der Waals surface area (Å²) in [5, 5.41) is 0. The fourth-order valence-corrected chi connectivity index (χ4v) is 3.64. The minimum atomic E-state index is -0.350. The van der Waals surface area contributed by atoms with Gasteiger partial charge in [0.15, 0.2) is 11.6 Å². The van der Waals surface area contributed by atoms with E-state index >= 15 is 0 Å². The van der Waals surface area contributed by atoms with Crippen LogP contribution in [0.4, 0.5) is 4.39 Å². The van der Waals surface area contributed by atoms with Gasteiger partial charge in [-0.25, -0.2) is 9.37 Å². The Morgan fingerprint density at radius 2 is 1.90 bits per heavy atom. The van der Waals surface area contributed by atoms with E-state index in [1.165, 1.54) is 13.2 Å². The molecule has 1 fully saturated rings. The molecular weight excluding hydrogens is 395 g/mol. The Labute approximate surface area is 181 Å². The number of methoxy groups -OCH3 is 1. The molecule has 0 aliphatic carbocycles. The molecule has 160 valence electrons. The third-order valence-electron chi connectivity index (χ3n) is 5.42. The Bertz CT molecular complexity index is 1040. The third kappa shape index (κ3) is 5.19. The van der Waals surface area contributed by atoms with Gasteiger partial charge < -0.3 is 14.2 Å². The number of ether oxygens (including phenoxy) is 1. The van der Waals surface area contributed by atoms with E-state index in [0.29, 0.717) is 19.6 Å². The highest BCUT2D eigenvalue weighted by atomic mass is 19.1. The van der Waals surface area contributed by atoms with Crippen molar-refractivity contribution in [2.75, 3.05) is 33.3 Å². The smallest absolute Gasteiger partial charge is 0.246 e. The first-order valence-electron chi connectivity index (χ1n) is 10.2. The number of halogens is 1. The molecule has 0 N–H and O–H groups in total. The topological polar surface area (TPSA) is 50.6 Å².